The average molecular weight is 340 g/mol. The molecule has 3 aromatic rings. The van der Waals surface area contributed by atoms with Gasteiger partial charge in [0.25, 0.3) is 5.91 Å². The quantitative estimate of drug-likeness (QED) is 0.684. The molecule has 0 bridgehead atoms. The minimum absolute atomic E-state index is 0.0377. The lowest BCUT2D eigenvalue weighted by Crippen LogP contribution is -2.21. The number of nitrogens with zero attached hydrogens (tertiary/aromatic N) is 1. The van der Waals surface area contributed by atoms with E-state index in [0.717, 1.165) is 0 Å². The lowest BCUT2D eigenvalue weighted by atomic mass is 10.2. The third-order valence-corrected chi connectivity index (χ3v) is 3.29. The summed E-state index contributed by atoms with van der Waals surface area (Å²) in [6.45, 7) is -0.507. The van der Waals surface area contributed by atoms with Crippen LogP contribution in [-0.2, 0) is 9.53 Å². The molecule has 0 saturated heterocycles. The Labute approximate surface area is 141 Å². The summed E-state index contributed by atoms with van der Waals surface area (Å²) in [5, 5.41) is 11.4. The van der Waals surface area contributed by atoms with Gasteiger partial charge in [-0.05, 0) is 36.4 Å². The molecular weight excluding hydrogens is 328 g/mol. The van der Waals surface area contributed by atoms with Gasteiger partial charge in [0.15, 0.2) is 18.6 Å². The monoisotopic (exact) mass is 340 g/mol. The number of nitrogens with one attached hydrogen (secondary N) is 1. The highest BCUT2D eigenvalue weighted by atomic mass is 16.5. The molecule has 2 aromatic carbocycles. The Bertz CT molecular complexity index is 962. The molecule has 8 nitrogen and oxygen atoms in total. The fourth-order valence-electron chi connectivity index (χ4n) is 2.13. The molecule has 0 aliphatic rings. The van der Waals surface area contributed by atoms with E-state index in [1.54, 1.807) is 6.07 Å². The Morgan fingerprint density at radius 1 is 1.12 bits per heavy atom. The number of hydrogen-bond donors (Lipinski definition) is 2. The summed E-state index contributed by atoms with van der Waals surface area (Å²) in [6, 6.07) is 10.3. The van der Waals surface area contributed by atoms with Gasteiger partial charge in [-0.1, -0.05) is 6.07 Å². The van der Waals surface area contributed by atoms with Crippen LogP contribution in [0.15, 0.2) is 53.3 Å². The molecule has 126 valence electrons. The number of carboxylic acids is 1. The van der Waals surface area contributed by atoms with Gasteiger partial charge in [-0.25, -0.2) is 14.6 Å². The standard InChI is InChI=1S/C17H12N2O6/c20-15(19-12-3-1-2-10(6-12)16(21)22)8-24-17(23)11-4-5-14-13(7-11)18-9-25-14/h1-7,9H,8H2,(H,19,20)(H,21,22). The Kier molecular flexibility index (Phi) is 4.42. The molecule has 1 amide bonds. The first-order chi connectivity index (χ1) is 12.0. The van der Waals surface area contributed by atoms with Crippen molar-refractivity contribution in [3.63, 3.8) is 0 Å². The van der Waals surface area contributed by atoms with Gasteiger partial charge in [0.2, 0.25) is 0 Å². The highest BCUT2D eigenvalue weighted by Crippen LogP contribution is 2.15. The highest BCUT2D eigenvalue weighted by Gasteiger charge is 2.12. The zero-order valence-corrected chi connectivity index (χ0v) is 12.8. The number of fused-ring (bicyclic) bond motifs is 1. The van der Waals surface area contributed by atoms with Gasteiger partial charge in [0.05, 0.1) is 11.1 Å². The number of aromatic nitrogens is 1. The highest BCUT2D eigenvalue weighted by molar-refractivity contribution is 5.97. The van der Waals surface area contributed by atoms with E-state index in [1.165, 1.54) is 42.8 Å². The number of esters is 1. The van der Waals surface area contributed by atoms with Crippen LogP contribution in [0.3, 0.4) is 0 Å². The van der Waals surface area contributed by atoms with Crippen molar-refractivity contribution in [3.05, 3.63) is 60.0 Å². The SMILES string of the molecule is O=C(COC(=O)c1ccc2ocnc2c1)Nc1cccc(C(=O)O)c1. The predicted octanol–water partition coefficient (Wildman–Crippen LogP) is 2.32. The summed E-state index contributed by atoms with van der Waals surface area (Å²) < 4.78 is 10.0. The van der Waals surface area contributed by atoms with Gasteiger partial charge in [-0.15, -0.1) is 0 Å². The van der Waals surface area contributed by atoms with E-state index in [9.17, 15) is 14.4 Å². The van der Waals surface area contributed by atoms with Crippen LogP contribution in [0.25, 0.3) is 11.1 Å². The number of aromatic carboxylic acids is 1. The molecule has 0 saturated carbocycles. The van der Waals surface area contributed by atoms with Gasteiger partial charge in [0.1, 0.15) is 5.52 Å². The van der Waals surface area contributed by atoms with Crippen molar-refractivity contribution < 1.29 is 28.6 Å². The normalized spacial score (nSPS) is 10.4. The molecular formula is C17H12N2O6. The van der Waals surface area contributed by atoms with Crippen molar-refractivity contribution >= 4 is 34.6 Å². The van der Waals surface area contributed by atoms with Crippen molar-refractivity contribution in [2.75, 3.05) is 11.9 Å². The molecule has 0 aliphatic carbocycles. The van der Waals surface area contributed by atoms with Crippen molar-refractivity contribution in [3.8, 4) is 0 Å². The fourth-order valence-corrected chi connectivity index (χ4v) is 2.13. The summed E-state index contributed by atoms with van der Waals surface area (Å²) >= 11 is 0. The van der Waals surface area contributed by atoms with Crippen molar-refractivity contribution in [2.24, 2.45) is 0 Å². The first-order valence-electron chi connectivity index (χ1n) is 7.16. The number of rotatable bonds is 5. The van der Waals surface area contributed by atoms with E-state index in [0.29, 0.717) is 16.8 Å². The molecule has 1 heterocycles. The first-order valence-corrected chi connectivity index (χ1v) is 7.16. The van der Waals surface area contributed by atoms with Gasteiger partial charge < -0.3 is 19.6 Å². The zero-order valence-electron chi connectivity index (χ0n) is 12.8. The maximum Gasteiger partial charge on any atom is 0.338 e. The number of amides is 1. The number of oxazole rings is 1. The number of carbonyl (C=O) groups excluding carboxylic acids is 2. The molecule has 2 N–H and O–H groups in total. The molecule has 0 spiro atoms. The number of carboxylic acid groups (broad SMARTS) is 1. The molecule has 0 radical (unpaired) electrons. The van der Waals surface area contributed by atoms with Gasteiger partial charge in [0, 0.05) is 5.69 Å². The Morgan fingerprint density at radius 3 is 2.76 bits per heavy atom. The lowest BCUT2D eigenvalue weighted by Gasteiger charge is -2.07. The number of hydrogen-bond acceptors (Lipinski definition) is 6. The minimum atomic E-state index is -1.11. The van der Waals surface area contributed by atoms with Crippen molar-refractivity contribution in [1.82, 2.24) is 4.98 Å². The first kappa shape index (κ1) is 16.2. The molecule has 8 heteroatoms. The van der Waals surface area contributed by atoms with Gasteiger partial charge in [-0.2, -0.15) is 0 Å². The van der Waals surface area contributed by atoms with Crippen LogP contribution in [-0.4, -0.2) is 34.5 Å². The average Bonchev–Trinajstić information content (AvgIpc) is 3.07. The van der Waals surface area contributed by atoms with Crippen LogP contribution in [0.4, 0.5) is 5.69 Å². The topological polar surface area (TPSA) is 119 Å². The maximum atomic E-state index is 12.0. The van der Waals surface area contributed by atoms with Crippen LogP contribution >= 0.6 is 0 Å². The van der Waals surface area contributed by atoms with Crippen LogP contribution in [0, 0.1) is 0 Å². The fraction of sp³-hybridized carbons (Fsp3) is 0.0588. The summed E-state index contributed by atoms with van der Waals surface area (Å²) in [5.74, 6) is -2.37. The molecule has 25 heavy (non-hydrogen) atoms. The van der Waals surface area contributed by atoms with E-state index in [1.807, 2.05) is 0 Å². The predicted molar refractivity (Wildman–Crippen MR) is 86.3 cm³/mol. The van der Waals surface area contributed by atoms with E-state index < -0.39 is 24.5 Å². The van der Waals surface area contributed by atoms with Crippen molar-refractivity contribution in [1.29, 1.82) is 0 Å². The second-order valence-corrected chi connectivity index (χ2v) is 5.05. The van der Waals surface area contributed by atoms with Gasteiger partial charge >= 0.3 is 11.9 Å². The second-order valence-electron chi connectivity index (χ2n) is 5.05. The van der Waals surface area contributed by atoms with Crippen LogP contribution in [0.1, 0.15) is 20.7 Å². The zero-order chi connectivity index (χ0) is 17.8. The summed E-state index contributed by atoms with van der Waals surface area (Å²) in [7, 11) is 0. The summed E-state index contributed by atoms with van der Waals surface area (Å²) in [4.78, 5) is 38.6. The third-order valence-electron chi connectivity index (χ3n) is 3.29. The smallest absolute Gasteiger partial charge is 0.338 e. The van der Waals surface area contributed by atoms with Gasteiger partial charge in [-0.3, -0.25) is 4.79 Å². The Balaban J connectivity index is 1.59. The Morgan fingerprint density at radius 2 is 1.96 bits per heavy atom. The largest absolute Gasteiger partial charge is 0.478 e. The summed E-state index contributed by atoms with van der Waals surface area (Å²) in [5.41, 5.74) is 1.61. The third kappa shape index (κ3) is 3.81. The molecule has 0 fully saturated rings. The second kappa shape index (κ2) is 6.83. The maximum absolute atomic E-state index is 12.0. The Hall–Kier alpha value is -3.68. The van der Waals surface area contributed by atoms with E-state index in [2.05, 4.69) is 10.3 Å². The molecule has 3 rings (SSSR count). The van der Waals surface area contributed by atoms with Crippen LogP contribution in [0.2, 0.25) is 0 Å². The molecule has 0 atom stereocenters. The number of anilines is 1. The van der Waals surface area contributed by atoms with E-state index in [-0.39, 0.29) is 11.1 Å². The lowest BCUT2D eigenvalue weighted by molar-refractivity contribution is -0.119. The number of benzene rings is 2. The number of carbonyl (C=O) groups is 3. The molecule has 0 unspecified atom stereocenters. The molecule has 1 aromatic heterocycles. The van der Waals surface area contributed by atoms with E-state index >= 15 is 0 Å². The van der Waals surface area contributed by atoms with Crippen LogP contribution in [0.5, 0.6) is 0 Å². The van der Waals surface area contributed by atoms with Crippen LogP contribution < -0.4 is 5.32 Å². The molecule has 0 aliphatic heterocycles. The number of ether oxygens (including phenoxy) is 1. The van der Waals surface area contributed by atoms with E-state index in [4.69, 9.17) is 14.3 Å². The summed E-state index contributed by atoms with van der Waals surface area (Å²) in [6.07, 6.45) is 1.26. The van der Waals surface area contributed by atoms with Crippen molar-refractivity contribution in [2.45, 2.75) is 0 Å². The minimum Gasteiger partial charge on any atom is -0.478 e.